The molecule has 4 nitrogen and oxygen atoms in total. The van der Waals surface area contributed by atoms with Crippen molar-refractivity contribution in [2.75, 3.05) is 0 Å². The Morgan fingerprint density at radius 3 is 2.84 bits per heavy atom. The Hall–Kier alpha value is -0.940. The average molecular weight is 327 g/mol. The molecule has 1 unspecified atom stereocenters. The van der Waals surface area contributed by atoms with E-state index in [1.54, 1.807) is 6.07 Å². The molecule has 1 aliphatic rings. The number of benzene rings is 1. The van der Waals surface area contributed by atoms with Gasteiger partial charge in [0.1, 0.15) is 0 Å². The number of nitro groups is 1. The van der Waals surface area contributed by atoms with Crippen LogP contribution in [0.4, 0.5) is 5.69 Å². The molecule has 1 fully saturated rings. The summed E-state index contributed by atoms with van der Waals surface area (Å²) in [5.74, 6) is 0. The van der Waals surface area contributed by atoms with Gasteiger partial charge in [0.05, 0.1) is 9.40 Å². The van der Waals surface area contributed by atoms with E-state index in [9.17, 15) is 10.1 Å². The van der Waals surface area contributed by atoms with Crippen LogP contribution in [0.25, 0.3) is 0 Å². The summed E-state index contributed by atoms with van der Waals surface area (Å²) >= 11 is 3.34. The normalized spacial score (nSPS) is 21.5. The van der Waals surface area contributed by atoms with Crippen molar-refractivity contribution in [2.24, 2.45) is 5.41 Å². The van der Waals surface area contributed by atoms with E-state index in [0.29, 0.717) is 22.5 Å². The fraction of sp³-hybridized carbons (Fsp3) is 0.571. The van der Waals surface area contributed by atoms with Crippen molar-refractivity contribution in [1.29, 1.82) is 0 Å². The van der Waals surface area contributed by atoms with Gasteiger partial charge < -0.3 is 5.32 Å². The van der Waals surface area contributed by atoms with Crippen molar-refractivity contribution in [3.63, 3.8) is 0 Å². The highest BCUT2D eigenvalue weighted by atomic mass is 79.9. The molecule has 0 bridgehead atoms. The molecule has 0 aliphatic heterocycles. The van der Waals surface area contributed by atoms with Crippen LogP contribution in [-0.4, -0.2) is 11.0 Å². The van der Waals surface area contributed by atoms with E-state index in [0.717, 1.165) is 5.56 Å². The minimum atomic E-state index is -0.354. The van der Waals surface area contributed by atoms with E-state index in [-0.39, 0.29) is 10.6 Å². The SMILES string of the molecule is CC1(C)CCCC1NCc1cccc([N+](=O)[O-])c1Br. The predicted molar refractivity (Wildman–Crippen MR) is 79.1 cm³/mol. The monoisotopic (exact) mass is 326 g/mol. The summed E-state index contributed by atoms with van der Waals surface area (Å²) in [6.07, 6.45) is 3.67. The van der Waals surface area contributed by atoms with E-state index >= 15 is 0 Å². The van der Waals surface area contributed by atoms with Crippen LogP contribution in [0.1, 0.15) is 38.7 Å². The number of halogens is 1. The molecular formula is C14H19BrN2O2. The van der Waals surface area contributed by atoms with Crippen LogP contribution in [0.3, 0.4) is 0 Å². The minimum absolute atomic E-state index is 0.130. The molecule has 0 amide bonds. The number of nitrogens with zero attached hydrogens (tertiary/aromatic N) is 1. The second kappa shape index (κ2) is 5.59. The minimum Gasteiger partial charge on any atom is -0.309 e. The largest absolute Gasteiger partial charge is 0.309 e. The quantitative estimate of drug-likeness (QED) is 0.671. The lowest BCUT2D eigenvalue weighted by molar-refractivity contribution is -0.385. The molecule has 1 atom stereocenters. The topological polar surface area (TPSA) is 55.2 Å². The fourth-order valence-electron chi connectivity index (χ4n) is 2.78. The highest BCUT2D eigenvalue weighted by molar-refractivity contribution is 9.10. The van der Waals surface area contributed by atoms with Crippen molar-refractivity contribution in [1.82, 2.24) is 5.32 Å². The molecule has 1 aromatic carbocycles. The molecule has 1 aliphatic carbocycles. The van der Waals surface area contributed by atoms with Gasteiger partial charge >= 0.3 is 0 Å². The number of nitro benzene ring substituents is 1. The lowest BCUT2D eigenvalue weighted by atomic mass is 9.87. The molecule has 0 radical (unpaired) electrons. The molecule has 1 saturated carbocycles. The molecule has 1 N–H and O–H groups in total. The first-order chi connectivity index (χ1) is 8.92. The third-order valence-corrected chi connectivity index (χ3v) is 4.97. The van der Waals surface area contributed by atoms with Gasteiger partial charge in [0.2, 0.25) is 0 Å². The van der Waals surface area contributed by atoms with Crippen LogP contribution in [0.15, 0.2) is 22.7 Å². The average Bonchev–Trinajstić information content (AvgIpc) is 2.67. The Morgan fingerprint density at radius 1 is 1.53 bits per heavy atom. The maximum absolute atomic E-state index is 10.9. The zero-order chi connectivity index (χ0) is 14.0. The molecule has 0 spiro atoms. The van der Waals surface area contributed by atoms with Gasteiger partial charge in [-0.1, -0.05) is 32.4 Å². The first-order valence-corrected chi connectivity index (χ1v) is 7.36. The van der Waals surface area contributed by atoms with Crippen molar-refractivity contribution in [3.8, 4) is 0 Å². The third kappa shape index (κ3) is 3.15. The van der Waals surface area contributed by atoms with Crippen LogP contribution in [0.5, 0.6) is 0 Å². The smallest absolute Gasteiger partial charge is 0.283 e. The molecule has 104 valence electrons. The third-order valence-electron chi connectivity index (χ3n) is 4.05. The van der Waals surface area contributed by atoms with Gasteiger partial charge in [0.25, 0.3) is 5.69 Å². The number of hydrogen-bond acceptors (Lipinski definition) is 3. The lowest BCUT2D eigenvalue weighted by Gasteiger charge is -2.28. The van der Waals surface area contributed by atoms with E-state index < -0.39 is 0 Å². The van der Waals surface area contributed by atoms with Gasteiger partial charge in [-0.25, -0.2) is 0 Å². The Balaban J connectivity index is 2.08. The Labute approximate surface area is 121 Å². The summed E-state index contributed by atoms with van der Waals surface area (Å²) in [4.78, 5) is 10.5. The van der Waals surface area contributed by atoms with Crippen molar-refractivity contribution in [3.05, 3.63) is 38.3 Å². The predicted octanol–water partition coefficient (Wildman–Crippen LogP) is 4.03. The molecule has 1 aromatic rings. The van der Waals surface area contributed by atoms with Crippen LogP contribution < -0.4 is 5.32 Å². The first-order valence-electron chi connectivity index (χ1n) is 6.57. The summed E-state index contributed by atoms with van der Waals surface area (Å²) in [6.45, 7) is 5.22. The Kier molecular flexibility index (Phi) is 4.26. The summed E-state index contributed by atoms with van der Waals surface area (Å²) in [5, 5.41) is 14.4. The van der Waals surface area contributed by atoms with Crippen LogP contribution in [0, 0.1) is 15.5 Å². The maximum Gasteiger partial charge on any atom is 0.283 e. The molecular weight excluding hydrogens is 308 g/mol. The summed E-state index contributed by atoms with van der Waals surface area (Å²) in [6, 6.07) is 5.66. The van der Waals surface area contributed by atoms with Gasteiger partial charge in [-0.15, -0.1) is 0 Å². The van der Waals surface area contributed by atoms with Crippen molar-refractivity contribution < 1.29 is 4.92 Å². The van der Waals surface area contributed by atoms with Gasteiger partial charge in [0, 0.05) is 18.7 Å². The molecule has 0 aromatic heterocycles. The summed E-state index contributed by atoms with van der Waals surface area (Å²) in [7, 11) is 0. The van der Waals surface area contributed by atoms with Gasteiger partial charge in [0.15, 0.2) is 0 Å². The number of nitrogens with one attached hydrogen (secondary N) is 1. The van der Waals surface area contributed by atoms with Crippen LogP contribution >= 0.6 is 15.9 Å². The highest BCUT2D eigenvalue weighted by Gasteiger charge is 2.33. The van der Waals surface area contributed by atoms with Crippen molar-refractivity contribution >= 4 is 21.6 Å². The Bertz CT molecular complexity index is 488. The van der Waals surface area contributed by atoms with Crippen LogP contribution in [-0.2, 0) is 6.54 Å². The number of hydrogen-bond donors (Lipinski definition) is 1. The Morgan fingerprint density at radius 2 is 2.26 bits per heavy atom. The van der Waals surface area contributed by atoms with Gasteiger partial charge in [-0.3, -0.25) is 10.1 Å². The van der Waals surface area contributed by atoms with E-state index in [1.807, 2.05) is 6.07 Å². The van der Waals surface area contributed by atoms with Crippen molar-refractivity contribution in [2.45, 2.75) is 45.7 Å². The second-order valence-corrected chi connectivity index (χ2v) is 6.61. The fourth-order valence-corrected chi connectivity index (χ4v) is 3.33. The maximum atomic E-state index is 10.9. The molecule has 2 rings (SSSR count). The molecule has 0 heterocycles. The highest BCUT2D eigenvalue weighted by Crippen LogP contribution is 2.37. The summed E-state index contributed by atoms with van der Waals surface area (Å²) in [5.41, 5.74) is 1.38. The van der Waals surface area contributed by atoms with Crippen LogP contribution in [0.2, 0.25) is 0 Å². The van der Waals surface area contributed by atoms with Gasteiger partial charge in [-0.05, 0) is 39.8 Å². The second-order valence-electron chi connectivity index (χ2n) is 5.82. The first kappa shape index (κ1) is 14.5. The number of rotatable bonds is 4. The molecule has 0 saturated heterocycles. The molecule has 5 heteroatoms. The van der Waals surface area contributed by atoms with E-state index in [1.165, 1.54) is 25.3 Å². The standard InChI is InChI=1S/C14H19BrN2O2/c1-14(2)8-4-7-12(14)16-9-10-5-3-6-11(13(10)15)17(18)19/h3,5-6,12,16H,4,7-9H2,1-2H3. The van der Waals surface area contributed by atoms with E-state index in [2.05, 4.69) is 35.1 Å². The van der Waals surface area contributed by atoms with Gasteiger partial charge in [-0.2, -0.15) is 0 Å². The van der Waals surface area contributed by atoms with E-state index in [4.69, 9.17) is 0 Å². The molecule has 19 heavy (non-hydrogen) atoms. The zero-order valence-electron chi connectivity index (χ0n) is 11.3. The lowest BCUT2D eigenvalue weighted by Crippen LogP contribution is -2.37. The zero-order valence-corrected chi connectivity index (χ0v) is 12.9. The summed E-state index contributed by atoms with van der Waals surface area (Å²) < 4.78 is 0.586.